The van der Waals surface area contributed by atoms with Gasteiger partial charge < -0.3 is 14.5 Å². The van der Waals surface area contributed by atoms with Gasteiger partial charge in [-0.1, -0.05) is 6.07 Å². The summed E-state index contributed by atoms with van der Waals surface area (Å²) in [5.41, 5.74) is 3.09. The van der Waals surface area contributed by atoms with Gasteiger partial charge in [0.1, 0.15) is 0 Å². The molecule has 1 aromatic carbocycles. The first-order chi connectivity index (χ1) is 9.31. The lowest BCUT2D eigenvalue weighted by molar-refractivity contribution is 0.255. The van der Waals surface area contributed by atoms with Crippen molar-refractivity contribution >= 4 is 11.0 Å². The summed E-state index contributed by atoms with van der Waals surface area (Å²) in [6.07, 6.45) is 3.77. The molecule has 4 nitrogen and oxygen atoms in total. The molecule has 1 aliphatic carbocycles. The first-order valence-corrected chi connectivity index (χ1v) is 6.46. The molecule has 19 heavy (non-hydrogen) atoms. The van der Waals surface area contributed by atoms with Crippen LogP contribution in [0.3, 0.4) is 0 Å². The van der Waals surface area contributed by atoms with E-state index in [9.17, 15) is 5.11 Å². The van der Waals surface area contributed by atoms with E-state index < -0.39 is 0 Å². The molecule has 4 heteroatoms. The normalized spacial score (nSPS) is 16.9. The number of aromatic nitrogens is 2. The topological polar surface area (TPSA) is 62.1 Å². The molecule has 0 bridgehead atoms. The van der Waals surface area contributed by atoms with E-state index in [1.165, 1.54) is 5.56 Å². The highest BCUT2D eigenvalue weighted by Gasteiger charge is 2.43. The molecule has 0 radical (unpaired) electrons. The van der Waals surface area contributed by atoms with Gasteiger partial charge in [-0.15, -0.1) is 0 Å². The van der Waals surface area contributed by atoms with E-state index >= 15 is 0 Å². The van der Waals surface area contributed by atoms with Crippen LogP contribution in [-0.4, -0.2) is 21.7 Å². The maximum absolute atomic E-state index is 9.50. The van der Waals surface area contributed by atoms with Crippen molar-refractivity contribution in [2.24, 2.45) is 0 Å². The maximum atomic E-state index is 9.50. The lowest BCUT2D eigenvalue weighted by Gasteiger charge is -2.11. The minimum absolute atomic E-state index is 0.00978. The first kappa shape index (κ1) is 10.8. The second-order valence-electron chi connectivity index (χ2n) is 5.23. The SMILES string of the molecule is OCC1(c2ccc3nc(-c4ccco4)[nH]c3c2)CC1. The second-order valence-corrected chi connectivity index (χ2v) is 5.23. The number of nitrogens with zero attached hydrogens (tertiary/aromatic N) is 1. The van der Waals surface area contributed by atoms with Crippen LogP contribution in [0.25, 0.3) is 22.6 Å². The third-order valence-electron chi connectivity index (χ3n) is 4.01. The van der Waals surface area contributed by atoms with Crippen LogP contribution in [-0.2, 0) is 5.41 Å². The van der Waals surface area contributed by atoms with E-state index in [-0.39, 0.29) is 12.0 Å². The Hall–Kier alpha value is -2.07. The fraction of sp³-hybridized carbons (Fsp3) is 0.267. The molecule has 0 amide bonds. The average Bonchev–Trinajstić information content (AvgIpc) is 2.89. The van der Waals surface area contributed by atoms with Gasteiger partial charge in [-0.2, -0.15) is 0 Å². The van der Waals surface area contributed by atoms with Gasteiger partial charge in [0.25, 0.3) is 0 Å². The van der Waals surface area contributed by atoms with Crippen LogP contribution in [0.15, 0.2) is 41.0 Å². The standard InChI is InChI=1S/C15H14N2O2/c18-9-15(5-6-15)10-3-4-11-12(8-10)17-14(16-11)13-2-1-7-19-13/h1-4,7-8,18H,5-6,9H2,(H,16,17). The Kier molecular flexibility index (Phi) is 2.11. The molecule has 2 heterocycles. The van der Waals surface area contributed by atoms with Gasteiger partial charge in [0, 0.05) is 5.41 Å². The van der Waals surface area contributed by atoms with Crippen molar-refractivity contribution in [1.29, 1.82) is 0 Å². The second kappa shape index (κ2) is 3.71. The predicted molar refractivity (Wildman–Crippen MR) is 71.8 cm³/mol. The predicted octanol–water partition coefficient (Wildman–Crippen LogP) is 2.85. The van der Waals surface area contributed by atoms with Gasteiger partial charge in [0.15, 0.2) is 11.6 Å². The number of imidazole rings is 1. The summed E-state index contributed by atoms with van der Waals surface area (Å²) in [6, 6.07) is 9.90. The van der Waals surface area contributed by atoms with Crippen molar-refractivity contribution in [3.05, 3.63) is 42.2 Å². The fourth-order valence-electron chi connectivity index (χ4n) is 2.56. The van der Waals surface area contributed by atoms with Crippen molar-refractivity contribution in [2.75, 3.05) is 6.61 Å². The summed E-state index contributed by atoms with van der Waals surface area (Å²) in [7, 11) is 0. The molecule has 2 N–H and O–H groups in total. The zero-order valence-electron chi connectivity index (χ0n) is 10.4. The fourth-order valence-corrected chi connectivity index (χ4v) is 2.56. The number of H-pyrrole nitrogens is 1. The zero-order chi connectivity index (χ0) is 12.9. The Morgan fingerprint density at radius 1 is 1.32 bits per heavy atom. The summed E-state index contributed by atoms with van der Waals surface area (Å²) < 4.78 is 5.35. The highest BCUT2D eigenvalue weighted by molar-refractivity contribution is 5.79. The Bertz CT molecular complexity index is 724. The number of rotatable bonds is 3. The van der Waals surface area contributed by atoms with Crippen LogP contribution in [0.2, 0.25) is 0 Å². The number of benzene rings is 1. The quantitative estimate of drug-likeness (QED) is 0.755. The molecule has 1 aliphatic rings. The smallest absolute Gasteiger partial charge is 0.174 e. The maximum Gasteiger partial charge on any atom is 0.174 e. The number of aromatic amines is 1. The Morgan fingerprint density at radius 3 is 2.89 bits per heavy atom. The van der Waals surface area contributed by atoms with E-state index in [0.717, 1.165) is 35.5 Å². The van der Waals surface area contributed by atoms with Gasteiger partial charge in [0.2, 0.25) is 0 Å². The molecule has 2 aromatic heterocycles. The number of furan rings is 1. The molecule has 0 atom stereocenters. The van der Waals surface area contributed by atoms with Crippen LogP contribution in [0.1, 0.15) is 18.4 Å². The van der Waals surface area contributed by atoms with E-state index in [2.05, 4.69) is 22.1 Å². The monoisotopic (exact) mass is 254 g/mol. The third kappa shape index (κ3) is 1.60. The van der Waals surface area contributed by atoms with Gasteiger partial charge in [-0.05, 0) is 42.7 Å². The minimum Gasteiger partial charge on any atom is -0.461 e. The van der Waals surface area contributed by atoms with Gasteiger partial charge >= 0.3 is 0 Å². The van der Waals surface area contributed by atoms with E-state index in [4.69, 9.17) is 4.42 Å². The van der Waals surface area contributed by atoms with Gasteiger partial charge in [-0.3, -0.25) is 0 Å². The lowest BCUT2D eigenvalue weighted by Crippen LogP contribution is -2.11. The molecular weight excluding hydrogens is 240 g/mol. The average molecular weight is 254 g/mol. The largest absolute Gasteiger partial charge is 0.461 e. The van der Waals surface area contributed by atoms with Crippen LogP contribution in [0, 0.1) is 0 Å². The summed E-state index contributed by atoms with van der Waals surface area (Å²) in [4.78, 5) is 7.79. The highest BCUT2D eigenvalue weighted by atomic mass is 16.3. The molecule has 1 saturated carbocycles. The summed E-state index contributed by atoms with van der Waals surface area (Å²) in [5.74, 6) is 1.48. The Balaban J connectivity index is 1.82. The first-order valence-electron chi connectivity index (χ1n) is 6.46. The van der Waals surface area contributed by atoms with Crippen molar-refractivity contribution < 1.29 is 9.52 Å². The van der Waals surface area contributed by atoms with Gasteiger partial charge in [0.05, 0.1) is 23.9 Å². The Labute approximate surface area is 110 Å². The molecule has 0 aliphatic heterocycles. The van der Waals surface area contributed by atoms with Crippen LogP contribution in [0.5, 0.6) is 0 Å². The molecule has 0 saturated heterocycles. The molecule has 0 unspecified atom stereocenters. The highest BCUT2D eigenvalue weighted by Crippen LogP contribution is 2.48. The van der Waals surface area contributed by atoms with E-state index in [1.807, 2.05) is 18.2 Å². The van der Waals surface area contributed by atoms with Gasteiger partial charge in [-0.25, -0.2) is 4.98 Å². The number of hydrogen-bond acceptors (Lipinski definition) is 3. The van der Waals surface area contributed by atoms with Crippen molar-refractivity contribution in [3.63, 3.8) is 0 Å². The molecule has 1 fully saturated rings. The number of aliphatic hydroxyl groups excluding tert-OH is 1. The third-order valence-corrected chi connectivity index (χ3v) is 4.01. The summed E-state index contributed by atoms with van der Waals surface area (Å²) in [5, 5.41) is 9.50. The van der Waals surface area contributed by atoms with Crippen LogP contribution >= 0.6 is 0 Å². The minimum atomic E-state index is -0.00978. The summed E-state index contributed by atoms with van der Waals surface area (Å²) in [6.45, 7) is 0.220. The van der Waals surface area contributed by atoms with Crippen LogP contribution < -0.4 is 0 Å². The van der Waals surface area contributed by atoms with E-state index in [1.54, 1.807) is 6.26 Å². The molecular formula is C15H14N2O2. The number of aliphatic hydroxyl groups is 1. The van der Waals surface area contributed by atoms with Crippen molar-refractivity contribution in [3.8, 4) is 11.6 Å². The molecule has 96 valence electrons. The lowest BCUT2D eigenvalue weighted by atomic mass is 9.97. The zero-order valence-corrected chi connectivity index (χ0v) is 10.4. The van der Waals surface area contributed by atoms with E-state index in [0.29, 0.717) is 0 Å². The van der Waals surface area contributed by atoms with Crippen molar-refractivity contribution in [1.82, 2.24) is 9.97 Å². The molecule has 0 spiro atoms. The van der Waals surface area contributed by atoms with Crippen molar-refractivity contribution in [2.45, 2.75) is 18.3 Å². The molecule has 3 aromatic rings. The molecule has 4 rings (SSSR count). The number of fused-ring (bicyclic) bond motifs is 1. The number of hydrogen-bond donors (Lipinski definition) is 2. The van der Waals surface area contributed by atoms with Crippen LogP contribution in [0.4, 0.5) is 0 Å². The Morgan fingerprint density at radius 2 is 2.21 bits per heavy atom. The number of nitrogens with one attached hydrogen (secondary N) is 1. The summed E-state index contributed by atoms with van der Waals surface area (Å²) >= 11 is 0.